The van der Waals surface area contributed by atoms with Crippen molar-refractivity contribution in [2.24, 2.45) is 0 Å². The predicted molar refractivity (Wildman–Crippen MR) is 115 cm³/mol. The van der Waals surface area contributed by atoms with Crippen LogP contribution >= 0.6 is 0 Å². The number of carbonyl (C=O) groups excluding carboxylic acids is 1. The normalized spacial score (nSPS) is 10.6. The number of para-hydroxylation sites is 2. The first-order valence-corrected chi connectivity index (χ1v) is 9.21. The highest BCUT2D eigenvalue weighted by atomic mass is 16.1. The number of nitrogens with one attached hydrogen (secondary N) is 2. The molecule has 0 aliphatic rings. The van der Waals surface area contributed by atoms with Gasteiger partial charge >= 0.3 is 0 Å². The summed E-state index contributed by atoms with van der Waals surface area (Å²) in [5.41, 5.74) is 6.18. The Balaban J connectivity index is 1.66. The summed E-state index contributed by atoms with van der Waals surface area (Å²) in [5.74, 6) is -0.174. The molecule has 0 atom stereocenters. The topological polar surface area (TPSA) is 54.0 Å². The Kier molecular flexibility index (Phi) is 4.77. The van der Waals surface area contributed by atoms with Crippen molar-refractivity contribution in [3.05, 3.63) is 95.7 Å². The fourth-order valence-electron chi connectivity index (χ4n) is 3.22. The lowest BCUT2D eigenvalue weighted by molar-refractivity contribution is 0.102. The van der Waals surface area contributed by atoms with E-state index in [2.05, 4.69) is 35.5 Å². The van der Waals surface area contributed by atoms with Crippen molar-refractivity contribution in [2.75, 3.05) is 10.6 Å². The van der Waals surface area contributed by atoms with E-state index in [0.717, 1.165) is 27.8 Å². The Bertz CT molecular complexity index is 1160. The third-order valence-corrected chi connectivity index (χ3v) is 4.93. The van der Waals surface area contributed by atoms with Gasteiger partial charge in [0.25, 0.3) is 5.91 Å². The minimum Gasteiger partial charge on any atom is -0.355 e. The van der Waals surface area contributed by atoms with Gasteiger partial charge in [0.1, 0.15) is 0 Å². The summed E-state index contributed by atoms with van der Waals surface area (Å²) in [6.45, 7) is 4.15. The zero-order chi connectivity index (χ0) is 19.5. The zero-order valence-electron chi connectivity index (χ0n) is 15.9. The summed E-state index contributed by atoms with van der Waals surface area (Å²) in [6, 6.07) is 23.3. The molecule has 0 aliphatic heterocycles. The second kappa shape index (κ2) is 7.53. The third kappa shape index (κ3) is 3.45. The van der Waals surface area contributed by atoms with E-state index >= 15 is 0 Å². The molecule has 0 saturated carbocycles. The van der Waals surface area contributed by atoms with Crippen LogP contribution in [0, 0.1) is 13.8 Å². The largest absolute Gasteiger partial charge is 0.355 e. The summed E-state index contributed by atoms with van der Waals surface area (Å²) in [7, 11) is 0. The van der Waals surface area contributed by atoms with E-state index in [9.17, 15) is 4.79 Å². The number of hydrogen-bond acceptors (Lipinski definition) is 3. The van der Waals surface area contributed by atoms with Crippen molar-refractivity contribution >= 4 is 33.9 Å². The number of anilines is 3. The molecule has 4 rings (SSSR count). The van der Waals surface area contributed by atoms with Crippen molar-refractivity contribution in [1.82, 2.24) is 4.98 Å². The number of benzene rings is 3. The minimum atomic E-state index is -0.174. The SMILES string of the molecule is Cc1cccc(Nc2ccccc2C(=O)Nc2cccc3cccnc23)c1C. The summed E-state index contributed by atoms with van der Waals surface area (Å²) in [6.07, 6.45) is 1.73. The van der Waals surface area contributed by atoms with Gasteiger partial charge in [0.05, 0.1) is 22.5 Å². The molecule has 28 heavy (non-hydrogen) atoms. The molecule has 1 heterocycles. The number of hydrogen-bond donors (Lipinski definition) is 2. The fourth-order valence-corrected chi connectivity index (χ4v) is 3.22. The number of aryl methyl sites for hydroxylation is 1. The van der Waals surface area contributed by atoms with Gasteiger partial charge in [-0.1, -0.05) is 42.5 Å². The van der Waals surface area contributed by atoms with E-state index in [0.29, 0.717) is 11.3 Å². The number of rotatable bonds is 4. The van der Waals surface area contributed by atoms with Crippen LogP contribution in [0.5, 0.6) is 0 Å². The number of fused-ring (bicyclic) bond motifs is 1. The predicted octanol–water partition coefficient (Wildman–Crippen LogP) is 5.85. The molecule has 0 fully saturated rings. The van der Waals surface area contributed by atoms with Crippen LogP contribution in [0.15, 0.2) is 79.0 Å². The van der Waals surface area contributed by atoms with E-state index in [1.165, 1.54) is 5.56 Å². The lowest BCUT2D eigenvalue weighted by atomic mass is 10.1. The molecule has 1 aromatic heterocycles. The van der Waals surface area contributed by atoms with Gasteiger partial charge in [-0.2, -0.15) is 0 Å². The van der Waals surface area contributed by atoms with Gasteiger partial charge in [-0.15, -0.1) is 0 Å². The monoisotopic (exact) mass is 367 g/mol. The van der Waals surface area contributed by atoms with E-state index < -0.39 is 0 Å². The van der Waals surface area contributed by atoms with Crippen molar-refractivity contribution in [3.63, 3.8) is 0 Å². The summed E-state index contributed by atoms with van der Waals surface area (Å²) in [5, 5.41) is 7.41. The lowest BCUT2D eigenvalue weighted by Crippen LogP contribution is -2.14. The molecule has 4 nitrogen and oxygen atoms in total. The average molecular weight is 367 g/mol. The molecular formula is C24H21N3O. The van der Waals surface area contributed by atoms with Gasteiger partial charge in [-0.25, -0.2) is 0 Å². The first-order chi connectivity index (χ1) is 13.6. The van der Waals surface area contributed by atoms with Crippen molar-refractivity contribution in [3.8, 4) is 0 Å². The van der Waals surface area contributed by atoms with Crippen LogP contribution in [0.25, 0.3) is 10.9 Å². The molecule has 0 spiro atoms. The molecule has 2 N–H and O–H groups in total. The Labute approximate surface area is 164 Å². The van der Waals surface area contributed by atoms with E-state index in [1.54, 1.807) is 6.20 Å². The van der Waals surface area contributed by atoms with E-state index in [4.69, 9.17) is 0 Å². The van der Waals surface area contributed by atoms with Gasteiger partial charge in [0.2, 0.25) is 0 Å². The number of carbonyl (C=O) groups is 1. The smallest absolute Gasteiger partial charge is 0.257 e. The Morgan fingerprint density at radius 3 is 2.39 bits per heavy atom. The van der Waals surface area contributed by atoms with Crippen molar-refractivity contribution in [1.29, 1.82) is 0 Å². The van der Waals surface area contributed by atoms with Crippen LogP contribution in [0.4, 0.5) is 17.1 Å². The molecule has 0 radical (unpaired) electrons. The summed E-state index contributed by atoms with van der Waals surface area (Å²) in [4.78, 5) is 17.5. The minimum absolute atomic E-state index is 0.174. The molecule has 4 aromatic rings. The molecule has 0 saturated heterocycles. The van der Waals surface area contributed by atoms with Crippen LogP contribution in [-0.4, -0.2) is 10.9 Å². The molecule has 0 bridgehead atoms. The number of pyridine rings is 1. The molecular weight excluding hydrogens is 346 g/mol. The molecule has 1 amide bonds. The highest BCUT2D eigenvalue weighted by Crippen LogP contribution is 2.27. The fraction of sp³-hybridized carbons (Fsp3) is 0.0833. The average Bonchev–Trinajstić information content (AvgIpc) is 2.72. The highest BCUT2D eigenvalue weighted by molar-refractivity contribution is 6.11. The van der Waals surface area contributed by atoms with Crippen LogP contribution < -0.4 is 10.6 Å². The van der Waals surface area contributed by atoms with Gasteiger partial charge in [-0.05, 0) is 55.3 Å². The van der Waals surface area contributed by atoms with Gasteiger partial charge in [-0.3, -0.25) is 9.78 Å². The van der Waals surface area contributed by atoms with Crippen molar-refractivity contribution in [2.45, 2.75) is 13.8 Å². The standard InChI is InChI=1S/C24H21N3O/c1-16-8-5-13-20(17(16)2)26-21-12-4-3-11-19(21)24(28)27-22-14-6-9-18-10-7-15-25-23(18)22/h3-15,26H,1-2H3,(H,27,28). The second-order valence-electron chi connectivity index (χ2n) is 6.75. The van der Waals surface area contributed by atoms with Crippen LogP contribution in [0.3, 0.4) is 0 Å². The van der Waals surface area contributed by atoms with E-state index in [1.807, 2.05) is 66.7 Å². The molecule has 0 aliphatic carbocycles. The Morgan fingerprint density at radius 2 is 1.50 bits per heavy atom. The summed E-state index contributed by atoms with van der Waals surface area (Å²) < 4.78 is 0. The van der Waals surface area contributed by atoms with Crippen molar-refractivity contribution < 1.29 is 4.79 Å². The van der Waals surface area contributed by atoms with Gasteiger partial charge < -0.3 is 10.6 Å². The Morgan fingerprint density at radius 1 is 0.786 bits per heavy atom. The zero-order valence-corrected chi connectivity index (χ0v) is 15.9. The number of amides is 1. The maximum Gasteiger partial charge on any atom is 0.257 e. The van der Waals surface area contributed by atoms with Crippen LogP contribution in [-0.2, 0) is 0 Å². The van der Waals surface area contributed by atoms with Gasteiger partial charge in [0, 0.05) is 17.3 Å². The van der Waals surface area contributed by atoms with E-state index in [-0.39, 0.29) is 5.91 Å². The molecule has 138 valence electrons. The summed E-state index contributed by atoms with van der Waals surface area (Å²) >= 11 is 0. The highest BCUT2D eigenvalue weighted by Gasteiger charge is 2.14. The molecule has 0 unspecified atom stereocenters. The van der Waals surface area contributed by atoms with Crippen LogP contribution in [0.1, 0.15) is 21.5 Å². The maximum atomic E-state index is 13.0. The quantitative estimate of drug-likeness (QED) is 0.476. The molecule has 3 aromatic carbocycles. The second-order valence-corrected chi connectivity index (χ2v) is 6.75. The maximum absolute atomic E-state index is 13.0. The van der Waals surface area contributed by atoms with Crippen LogP contribution in [0.2, 0.25) is 0 Å². The van der Waals surface area contributed by atoms with Gasteiger partial charge in [0.15, 0.2) is 0 Å². The molecule has 4 heteroatoms. The lowest BCUT2D eigenvalue weighted by Gasteiger charge is -2.15. The Hall–Kier alpha value is -3.66. The first-order valence-electron chi connectivity index (χ1n) is 9.21. The number of aromatic nitrogens is 1. The third-order valence-electron chi connectivity index (χ3n) is 4.93. The number of nitrogens with zero attached hydrogens (tertiary/aromatic N) is 1. The first kappa shape index (κ1) is 17.7.